The van der Waals surface area contributed by atoms with E-state index in [1.165, 1.54) is 0 Å². The van der Waals surface area contributed by atoms with Gasteiger partial charge in [-0.3, -0.25) is 4.98 Å². The van der Waals surface area contributed by atoms with Crippen molar-refractivity contribution < 1.29 is 0 Å². The molecule has 0 spiro atoms. The lowest BCUT2D eigenvalue weighted by Crippen LogP contribution is -1.99. The van der Waals surface area contributed by atoms with E-state index in [0.29, 0.717) is 6.42 Å². The number of hydrogen-bond donors (Lipinski definition) is 1. The number of nitriles is 1. The van der Waals surface area contributed by atoms with Crippen LogP contribution in [0.2, 0.25) is 0 Å². The first-order valence-corrected chi connectivity index (χ1v) is 5.47. The zero-order chi connectivity index (χ0) is 11.9. The molecule has 0 aliphatic rings. The Labute approximate surface area is 101 Å². The number of rotatable bonds is 4. The van der Waals surface area contributed by atoms with E-state index in [-0.39, 0.29) is 0 Å². The summed E-state index contributed by atoms with van der Waals surface area (Å²) in [4.78, 5) is 4.06. The van der Waals surface area contributed by atoms with E-state index >= 15 is 0 Å². The third-order valence-electron chi connectivity index (χ3n) is 2.46. The van der Waals surface area contributed by atoms with E-state index in [1.54, 1.807) is 6.20 Å². The fraction of sp³-hybridized carbons (Fsp3) is 0.143. The van der Waals surface area contributed by atoms with Crippen LogP contribution in [0.15, 0.2) is 48.8 Å². The van der Waals surface area contributed by atoms with Crippen molar-refractivity contribution in [3.63, 3.8) is 0 Å². The fourth-order valence-corrected chi connectivity index (χ4v) is 1.54. The molecule has 1 heterocycles. The van der Waals surface area contributed by atoms with Crippen molar-refractivity contribution in [2.75, 3.05) is 5.32 Å². The highest BCUT2D eigenvalue weighted by Gasteiger charge is 1.95. The van der Waals surface area contributed by atoms with Gasteiger partial charge in [-0.1, -0.05) is 18.2 Å². The summed E-state index contributed by atoms with van der Waals surface area (Å²) < 4.78 is 0. The Morgan fingerprint density at radius 3 is 2.59 bits per heavy atom. The maximum Gasteiger partial charge on any atom is 0.0669 e. The zero-order valence-corrected chi connectivity index (χ0v) is 9.43. The summed E-state index contributed by atoms with van der Waals surface area (Å²) in [5.74, 6) is 0. The maximum atomic E-state index is 8.57. The Morgan fingerprint density at radius 1 is 1.12 bits per heavy atom. The molecule has 2 aromatic rings. The Morgan fingerprint density at radius 2 is 1.94 bits per heavy atom. The van der Waals surface area contributed by atoms with Crippen LogP contribution in [0.3, 0.4) is 0 Å². The summed E-state index contributed by atoms with van der Waals surface area (Å²) in [6.07, 6.45) is 4.07. The molecule has 84 valence electrons. The lowest BCUT2D eigenvalue weighted by atomic mass is 10.1. The molecule has 1 aromatic heterocycles. The molecule has 1 aromatic carbocycles. The Balaban J connectivity index is 1.94. The second-order valence-electron chi connectivity index (χ2n) is 3.75. The molecule has 0 atom stereocenters. The highest BCUT2D eigenvalue weighted by atomic mass is 14.9. The standard InChI is InChI=1S/C14H13N3/c15-8-7-12-3-5-14(6-4-12)17-11-13-2-1-9-16-10-13/h1-6,9-10,17H,7,11H2. The summed E-state index contributed by atoms with van der Waals surface area (Å²) >= 11 is 0. The molecular weight excluding hydrogens is 210 g/mol. The molecule has 0 fully saturated rings. The number of anilines is 1. The summed E-state index contributed by atoms with van der Waals surface area (Å²) in [5.41, 5.74) is 3.24. The molecule has 0 saturated heterocycles. The molecule has 0 amide bonds. The third-order valence-corrected chi connectivity index (χ3v) is 2.46. The van der Waals surface area contributed by atoms with Gasteiger partial charge in [-0.2, -0.15) is 5.26 Å². The number of aromatic nitrogens is 1. The molecule has 0 saturated carbocycles. The van der Waals surface area contributed by atoms with Gasteiger partial charge in [0.25, 0.3) is 0 Å². The van der Waals surface area contributed by atoms with E-state index in [9.17, 15) is 0 Å². The van der Waals surface area contributed by atoms with Gasteiger partial charge in [0.2, 0.25) is 0 Å². The van der Waals surface area contributed by atoms with Crippen LogP contribution in [0.25, 0.3) is 0 Å². The SMILES string of the molecule is N#CCc1ccc(NCc2cccnc2)cc1. The largest absolute Gasteiger partial charge is 0.381 e. The van der Waals surface area contributed by atoms with E-state index < -0.39 is 0 Å². The van der Waals surface area contributed by atoms with Gasteiger partial charge in [0, 0.05) is 24.6 Å². The van der Waals surface area contributed by atoms with Gasteiger partial charge in [0.15, 0.2) is 0 Å². The highest BCUT2D eigenvalue weighted by molar-refractivity contribution is 5.45. The van der Waals surface area contributed by atoms with Gasteiger partial charge in [-0.05, 0) is 29.3 Å². The topological polar surface area (TPSA) is 48.7 Å². The number of hydrogen-bond acceptors (Lipinski definition) is 3. The van der Waals surface area contributed by atoms with Crippen LogP contribution in [-0.4, -0.2) is 4.98 Å². The van der Waals surface area contributed by atoms with Crippen molar-refractivity contribution >= 4 is 5.69 Å². The van der Waals surface area contributed by atoms with Crippen molar-refractivity contribution in [2.45, 2.75) is 13.0 Å². The quantitative estimate of drug-likeness (QED) is 0.867. The summed E-state index contributed by atoms with van der Waals surface area (Å²) in [5, 5.41) is 11.9. The van der Waals surface area contributed by atoms with E-state index in [1.807, 2.05) is 42.6 Å². The Kier molecular flexibility index (Phi) is 3.72. The lowest BCUT2D eigenvalue weighted by Gasteiger charge is -2.06. The smallest absolute Gasteiger partial charge is 0.0669 e. The van der Waals surface area contributed by atoms with Gasteiger partial charge in [0.1, 0.15) is 0 Å². The molecule has 2 rings (SSSR count). The average molecular weight is 223 g/mol. The van der Waals surface area contributed by atoms with Gasteiger partial charge >= 0.3 is 0 Å². The first kappa shape index (κ1) is 11.2. The second-order valence-corrected chi connectivity index (χ2v) is 3.75. The van der Waals surface area contributed by atoms with Gasteiger partial charge in [-0.15, -0.1) is 0 Å². The van der Waals surface area contributed by atoms with Gasteiger partial charge in [0.05, 0.1) is 12.5 Å². The van der Waals surface area contributed by atoms with Crippen LogP contribution in [0.1, 0.15) is 11.1 Å². The Bertz CT molecular complexity index is 497. The fourth-order valence-electron chi connectivity index (χ4n) is 1.54. The number of nitrogens with zero attached hydrogens (tertiary/aromatic N) is 2. The second kappa shape index (κ2) is 5.66. The lowest BCUT2D eigenvalue weighted by molar-refractivity contribution is 1.11. The number of benzene rings is 1. The number of pyridine rings is 1. The van der Waals surface area contributed by atoms with Crippen LogP contribution in [0, 0.1) is 11.3 Å². The predicted octanol–water partition coefficient (Wildman–Crippen LogP) is 2.76. The van der Waals surface area contributed by atoms with Crippen LogP contribution < -0.4 is 5.32 Å². The highest BCUT2D eigenvalue weighted by Crippen LogP contribution is 2.11. The Hall–Kier alpha value is -2.34. The van der Waals surface area contributed by atoms with Gasteiger partial charge in [-0.25, -0.2) is 0 Å². The minimum Gasteiger partial charge on any atom is -0.381 e. The molecular formula is C14H13N3. The minimum absolute atomic E-state index is 0.461. The van der Waals surface area contributed by atoms with Crippen molar-refractivity contribution in [1.29, 1.82) is 5.26 Å². The normalized spacial score (nSPS) is 9.59. The monoisotopic (exact) mass is 223 g/mol. The molecule has 0 unspecified atom stereocenters. The van der Waals surface area contributed by atoms with Crippen molar-refractivity contribution in [2.24, 2.45) is 0 Å². The number of nitrogens with one attached hydrogen (secondary N) is 1. The van der Waals surface area contributed by atoms with E-state index in [0.717, 1.165) is 23.4 Å². The summed E-state index contributed by atoms with van der Waals surface area (Å²) in [6, 6.07) is 14.0. The summed E-state index contributed by atoms with van der Waals surface area (Å²) in [7, 11) is 0. The zero-order valence-electron chi connectivity index (χ0n) is 9.43. The molecule has 0 radical (unpaired) electrons. The van der Waals surface area contributed by atoms with Crippen LogP contribution >= 0.6 is 0 Å². The predicted molar refractivity (Wildman–Crippen MR) is 67.3 cm³/mol. The van der Waals surface area contributed by atoms with Crippen LogP contribution in [0.5, 0.6) is 0 Å². The first-order chi connectivity index (χ1) is 8.38. The van der Waals surface area contributed by atoms with Crippen LogP contribution in [-0.2, 0) is 13.0 Å². The molecule has 0 aliphatic heterocycles. The molecule has 0 aliphatic carbocycles. The maximum absolute atomic E-state index is 8.57. The van der Waals surface area contributed by atoms with E-state index in [4.69, 9.17) is 5.26 Å². The average Bonchev–Trinajstić information content (AvgIpc) is 2.40. The van der Waals surface area contributed by atoms with Gasteiger partial charge < -0.3 is 5.32 Å². The van der Waals surface area contributed by atoms with Crippen molar-refractivity contribution in [1.82, 2.24) is 4.98 Å². The molecule has 3 heteroatoms. The third kappa shape index (κ3) is 3.32. The van der Waals surface area contributed by atoms with Crippen molar-refractivity contribution in [3.8, 4) is 6.07 Å². The van der Waals surface area contributed by atoms with Crippen LogP contribution in [0.4, 0.5) is 5.69 Å². The van der Waals surface area contributed by atoms with Crippen molar-refractivity contribution in [3.05, 3.63) is 59.9 Å². The molecule has 1 N–H and O–H groups in total. The molecule has 3 nitrogen and oxygen atoms in total. The molecule has 17 heavy (non-hydrogen) atoms. The summed E-state index contributed by atoms with van der Waals surface area (Å²) in [6.45, 7) is 0.755. The van der Waals surface area contributed by atoms with E-state index in [2.05, 4.69) is 16.4 Å². The molecule has 0 bridgehead atoms. The minimum atomic E-state index is 0.461. The first-order valence-electron chi connectivity index (χ1n) is 5.47.